The van der Waals surface area contributed by atoms with E-state index in [1.54, 1.807) is 31.3 Å². The largest absolute Gasteiger partial charge is 0.493 e. The van der Waals surface area contributed by atoms with Crippen LogP contribution in [-0.2, 0) is 21.4 Å². The van der Waals surface area contributed by atoms with Crippen LogP contribution < -0.4 is 14.2 Å². The highest BCUT2D eigenvalue weighted by atomic mass is 32.2. The zero-order valence-electron chi connectivity index (χ0n) is 13.3. The standard InChI is InChI=1S/C14H22N2O5S/c1-11(17)16(8-7-15-22(4,18)19)10-12-5-6-13(20-2)14(9-12)21-3/h5-6,9,15H,7-8,10H2,1-4H3. The fourth-order valence-corrected chi connectivity index (χ4v) is 2.38. The lowest BCUT2D eigenvalue weighted by atomic mass is 10.2. The van der Waals surface area contributed by atoms with Gasteiger partial charge in [-0.15, -0.1) is 0 Å². The van der Waals surface area contributed by atoms with Crippen molar-refractivity contribution in [1.82, 2.24) is 9.62 Å². The van der Waals surface area contributed by atoms with Gasteiger partial charge in [-0.2, -0.15) is 0 Å². The summed E-state index contributed by atoms with van der Waals surface area (Å²) in [5.41, 5.74) is 0.868. The lowest BCUT2D eigenvalue weighted by Gasteiger charge is -2.21. The third kappa shape index (κ3) is 5.90. The van der Waals surface area contributed by atoms with Gasteiger partial charge in [0.1, 0.15) is 0 Å². The first-order chi connectivity index (χ1) is 10.3. The zero-order valence-corrected chi connectivity index (χ0v) is 14.1. The highest BCUT2D eigenvalue weighted by molar-refractivity contribution is 7.88. The maximum absolute atomic E-state index is 11.7. The third-order valence-electron chi connectivity index (χ3n) is 3.01. The van der Waals surface area contributed by atoms with Crippen molar-refractivity contribution in [3.63, 3.8) is 0 Å². The summed E-state index contributed by atoms with van der Waals surface area (Å²) in [5, 5.41) is 0. The van der Waals surface area contributed by atoms with E-state index in [0.717, 1.165) is 11.8 Å². The molecule has 7 nitrogen and oxygen atoms in total. The van der Waals surface area contributed by atoms with Gasteiger partial charge in [-0.3, -0.25) is 4.79 Å². The summed E-state index contributed by atoms with van der Waals surface area (Å²) in [6.45, 7) is 2.27. The van der Waals surface area contributed by atoms with Crippen LogP contribution in [0.25, 0.3) is 0 Å². The molecular weight excluding hydrogens is 308 g/mol. The smallest absolute Gasteiger partial charge is 0.219 e. The summed E-state index contributed by atoms with van der Waals surface area (Å²) in [6, 6.07) is 5.39. The van der Waals surface area contributed by atoms with Gasteiger partial charge in [0.05, 0.1) is 20.5 Å². The third-order valence-corrected chi connectivity index (χ3v) is 3.74. The Bertz CT molecular complexity index is 616. The molecule has 0 bridgehead atoms. The monoisotopic (exact) mass is 330 g/mol. The summed E-state index contributed by atoms with van der Waals surface area (Å²) in [4.78, 5) is 13.2. The maximum atomic E-state index is 11.7. The molecule has 0 saturated heterocycles. The molecule has 22 heavy (non-hydrogen) atoms. The number of hydrogen-bond donors (Lipinski definition) is 1. The van der Waals surface area contributed by atoms with Crippen molar-refractivity contribution in [3.05, 3.63) is 23.8 Å². The van der Waals surface area contributed by atoms with Crippen molar-refractivity contribution < 1.29 is 22.7 Å². The molecule has 1 N–H and O–H groups in total. The molecule has 0 aliphatic heterocycles. The van der Waals surface area contributed by atoms with Crippen LogP contribution in [0.15, 0.2) is 18.2 Å². The minimum atomic E-state index is -3.26. The Labute approximate surface area is 131 Å². The molecule has 0 aliphatic rings. The van der Waals surface area contributed by atoms with Crippen LogP contribution in [0.5, 0.6) is 11.5 Å². The van der Waals surface area contributed by atoms with Crippen molar-refractivity contribution in [3.8, 4) is 11.5 Å². The predicted molar refractivity (Wildman–Crippen MR) is 83.5 cm³/mol. The van der Waals surface area contributed by atoms with Gasteiger partial charge in [0.25, 0.3) is 0 Å². The van der Waals surface area contributed by atoms with Crippen LogP contribution in [0.2, 0.25) is 0 Å². The first kappa shape index (κ1) is 18.2. The minimum absolute atomic E-state index is 0.134. The Hall–Kier alpha value is -1.80. The minimum Gasteiger partial charge on any atom is -0.493 e. The van der Waals surface area contributed by atoms with E-state index >= 15 is 0 Å². The molecule has 1 aromatic carbocycles. The lowest BCUT2D eigenvalue weighted by Crippen LogP contribution is -2.36. The molecule has 1 amide bonds. The highest BCUT2D eigenvalue weighted by Crippen LogP contribution is 2.27. The molecule has 1 aromatic rings. The molecule has 124 valence electrons. The molecule has 0 aromatic heterocycles. The van der Waals surface area contributed by atoms with E-state index < -0.39 is 10.0 Å². The van der Waals surface area contributed by atoms with Gasteiger partial charge < -0.3 is 14.4 Å². The van der Waals surface area contributed by atoms with Crippen LogP contribution in [0.3, 0.4) is 0 Å². The number of benzene rings is 1. The number of rotatable bonds is 8. The Morgan fingerprint density at radius 2 is 1.86 bits per heavy atom. The van der Waals surface area contributed by atoms with Gasteiger partial charge in [-0.1, -0.05) is 6.07 Å². The normalized spacial score (nSPS) is 11.1. The Kier molecular flexibility index (Phi) is 6.63. The maximum Gasteiger partial charge on any atom is 0.219 e. The number of sulfonamides is 1. The summed E-state index contributed by atoms with van der Waals surface area (Å²) in [5.74, 6) is 1.06. The molecule has 0 heterocycles. The number of hydrogen-bond acceptors (Lipinski definition) is 5. The van der Waals surface area contributed by atoms with Crippen molar-refractivity contribution >= 4 is 15.9 Å². The SMILES string of the molecule is COc1ccc(CN(CCNS(C)(=O)=O)C(C)=O)cc1OC. The molecule has 0 saturated carbocycles. The van der Waals surface area contributed by atoms with Gasteiger partial charge in [0, 0.05) is 26.6 Å². The van der Waals surface area contributed by atoms with Gasteiger partial charge in [0.2, 0.25) is 15.9 Å². The summed E-state index contributed by atoms with van der Waals surface area (Å²) in [6.07, 6.45) is 1.08. The molecule has 0 radical (unpaired) electrons. The van der Waals surface area contributed by atoms with Crippen molar-refractivity contribution in [2.45, 2.75) is 13.5 Å². The fraction of sp³-hybridized carbons (Fsp3) is 0.500. The van der Waals surface area contributed by atoms with E-state index in [1.165, 1.54) is 6.92 Å². The number of carbonyl (C=O) groups is 1. The van der Waals surface area contributed by atoms with E-state index in [9.17, 15) is 13.2 Å². The second-order valence-electron chi connectivity index (χ2n) is 4.80. The number of nitrogens with one attached hydrogen (secondary N) is 1. The van der Waals surface area contributed by atoms with Crippen molar-refractivity contribution in [1.29, 1.82) is 0 Å². The predicted octanol–water partition coefficient (Wildman–Crippen LogP) is 0.601. The molecule has 0 fully saturated rings. The number of ether oxygens (including phenoxy) is 2. The molecule has 0 atom stereocenters. The quantitative estimate of drug-likeness (QED) is 0.754. The number of methoxy groups -OCH3 is 2. The van der Waals surface area contributed by atoms with E-state index in [-0.39, 0.29) is 19.0 Å². The van der Waals surface area contributed by atoms with Crippen molar-refractivity contribution in [2.75, 3.05) is 33.6 Å². The molecule has 0 spiro atoms. The van der Waals surface area contributed by atoms with Gasteiger partial charge >= 0.3 is 0 Å². The highest BCUT2D eigenvalue weighted by Gasteiger charge is 2.12. The molecular formula is C14H22N2O5S. The molecule has 0 aliphatic carbocycles. The molecule has 8 heteroatoms. The van der Waals surface area contributed by atoms with Gasteiger partial charge in [0.15, 0.2) is 11.5 Å². The second kappa shape index (κ2) is 8.00. The lowest BCUT2D eigenvalue weighted by molar-refractivity contribution is -0.129. The van der Waals surface area contributed by atoms with E-state index in [4.69, 9.17) is 9.47 Å². The summed E-state index contributed by atoms with van der Waals surface area (Å²) < 4.78 is 34.9. The first-order valence-corrected chi connectivity index (χ1v) is 8.57. The Morgan fingerprint density at radius 3 is 2.36 bits per heavy atom. The first-order valence-electron chi connectivity index (χ1n) is 6.68. The average Bonchev–Trinajstić information content (AvgIpc) is 2.44. The molecule has 1 rings (SSSR count). The van der Waals surface area contributed by atoms with Gasteiger partial charge in [-0.05, 0) is 17.7 Å². The number of carbonyl (C=O) groups excluding carboxylic acids is 1. The van der Waals surface area contributed by atoms with E-state index in [1.807, 2.05) is 6.07 Å². The second-order valence-corrected chi connectivity index (χ2v) is 6.63. The summed E-state index contributed by atoms with van der Waals surface area (Å²) in [7, 11) is -0.169. The Balaban J connectivity index is 2.76. The van der Waals surface area contributed by atoms with Crippen LogP contribution in [0, 0.1) is 0 Å². The van der Waals surface area contributed by atoms with Crippen LogP contribution in [-0.4, -0.2) is 52.8 Å². The topological polar surface area (TPSA) is 84.9 Å². The average molecular weight is 330 g/mol. The van der Waals surface area contributed by atoms with E-state index in [0.29, 0.717) is 18.0 Å². The van der Waals surface area contributed by atoms with Crippen molar-refractivity contribution in [2.24, 2.45) is 0 Å². The fourth-order valence-electron chi connectivity index (χ4n) is 1.91. The zero-order chi connectivity index (χ0) is 16.8. The van der Waals surface area contributed by atoms with Crippen LogP contribution >= 0.6 is 0 Å². The van der Waals surface area contributed by atoms with E-state index in [2.05, 4.69) is 4.72 Å². The van der Waals surface area contributed by atoms with Gasteiger partial charge in [-0.25, -0.2) is 13.1 Å². The number of amides is 1. The van der Waals surface area contributed by atoms with Crippen LogP contribution in [0.4, 0.5) is 0 Å². The number of nitrogens with zero attached hydrogens (tertiary/aromatic N) is 1. The molecule has 0 unspecified atom stereocenters. The Morgan fingerprint density at radius 1 is 1.23 bits per heavy atom. The summed E-state index contributed by atoms with van der Waals surface area (Å²) >= 11 is 0. The van der Waals surface area contributed by atoms with Crippen LogP contribution in [0.1, 0.15) is 12.5 Å².